The number of aryl methyl sites for hydroxylation is 2. The summed E-state index contributed by atoms with van der Waals surface area (Å²) in [5.74, 6) is -0.263. The fraction of sp³-hybridized carbons (Fsp3) is 0.545. The Bertz CT molecular complexity index is 411. The van der Waals surface area contributed by atoms with Crippen molar-refractivity contribution in [2.75, 3.05) is 5.75 Å². The van der Waals surface area contributed by atoms with E-state index in [0.717, 1.165) is 13.0 Å². The molecule has 0 aliphatic carbocycles. The Morgan fingerprint density at radius 1 is 1.25 bits per heavy atom. The van der Waals surface area contributed by atoms with E-state index < -0.39 is 10.1 Å². The predicted octanol–water partition coefficient (Wildman–Crippen LogP) is 0.862. The van der Waals surface area contributed by atoms with Crippen LogP contribution in [0.15, 0.2) is 24.5 Å². The maximum atomic E-state index is 10.4. The third kappa shape index (κ3) is 5.23. The van der Waals surface area contributed by atoms with Gasteiger partial charge in [-0.15, -0.1) is 0 Å². The predicted molar refractivity (Wildman–Crippen MR) is 59.8 cm³/mol. The van der Waals surface area contributed by atoms with Gasteiger partial charge in [-0.25, -0.2) is 13.0 Å². The minimum Gasteiger partial charge on any atom is -0.748 e. The summed E-state index contributed by atoms with van der Waals surface area (Å²) < 4.78 is 33.1. The molecule has 0 aromatic carbocycles. The van der Waals surface area contributed by atoms with E-state index in [4.69, 9.17) is 0 Å². The van der Waals surface area contributed by atoms with Crippen LogP contribution in [0.1, 0.15) is 25.3 Å². The first-order valence-corrected chi connectivity index (χ1v) is 7.00. The number of hydrogen-bond acceptors (Lipinski definition) is 3. The SMILES string of the molecule is CCc1cc[n+](CCCCS(=O)(=O)[O-])cc1. The van der Waals surface area contributed by atoms with Crippen LogP contribution >= 0.6 is 0 Å². The largest absolute Gasteiger partial charge is 0.748 e. The van der Waals surface area contributed by atoms with E-state index in [1.807, 2.05) is 29.1 Å². The molecule has 1 aromatic rings. The molecule has 0 spiro atoms. The number of rotatable bonds is 6. The Labute approximate surface area is 96.7 Å². The second-order valence-corrected chi connectivity index (χ2v) is 5.29. The van der Waals surface area contributed by atoms with Crippen molar-refractivity contribution in [1.82, 2.24) is 0 Å². The molecule has 1 rings (SSSR count). The summed E-state index contributed by atoms with van der Waals surface area (Å²) in [5.41, 5.74) is 1.28. The van der Waals surface area contributed by atoms with E-state index in [2.05, 4.69) is 6.92 Å². The molecule has 16 heavy (non-hydrogen) atoms. The Balaban J connectivity index is 2.32. The first-order valence-electron chi connectivity index (χ1n) is 5.43. The molecular formula is C11H17NO3S. The van der Waals surface area contributed by atoms with Crippen molar-refractivity contribution in [3.05, 3.63) is 30.1 Å². The number of aromatic nitrogens is 1. The van der Waals surface area contributed by atoms with Gasteiger partial charge in [0.25, 0.3) is 0 Å². The smallest absolute Gasteiger partial charge is 0.169 e. The Morgan fingerprint density at radius 2 is 1.88 bits per heavy atom. The van der Waals surface area contributed by atoms with Crippen LogP contribution < -0.4 is 4.57 Å². The molecule has 0 N–H and O–H groups in total. The molecule has 1 heterocycles. The van der Waals surface area contributed by atoms with Gasteiger partial charge in [-0.05, 0) is 18.4 Å². The molecule has 0 amide bonds. The van der Waals surface area contributed by atoms with Crippen LogP contribution in [0.3, 0.4) is 0 Å². The Morgan fingerprint density at radius 3 is 2.38 bits per heavy atom. The van der Waals surface area contributed by atoms with Crippen LogP contribution in [0.4, 0.5) is 0 Å². The molecular weight excluding hydrogens is 226 g/mol. The van der Waals surface area contributed by atoms with Gasteiger partial charge in [0.1, 0.15) is 6.54 Å². The molecule has 90 valence electrons. The van der Waals surface area contributed by atoms with Gasteiger partial charge in [0.2, 0.25) is 0 Å². The zero-order chi connectivity index (χ0) is 12.0. The topological polar surface area (TPSA) is 61.1 Å². The first-order chi connectivity index (χ1) is 7.51. The molecule has 0 saturated heterocycles. The van der Waals surface area contributed by atoms with Crippen molar-refractivity contribution in [1.29, 1.82) is 0 Å². The fourth-order valence-corrected chi connectivity index (χ4v) is 2.00. The van der Waals surface area contributed by atoms with Crippen molar-refractivity contribution in [2.45, 2.75) is 32.7 Å². The number of pyridine rings is 1. The highest BCUT2D eigenvalue weighted by Gasteiger charge is 2.01. The summed E-state index contributed by atoms with van der Waals surface area (Å²) in [7, 11) is -4.05. The molecule has 0 aliphatic heterocycles. The molecule has 0 fully saturated rings. The summed E-state index contributed by atoms with van der Waals surface area (Å²) >= 11 is 0. The molecule has 0 unspecified atom stereocenters. The Kier molecular flexibility index (Phi) is 4.89. The molecule has 0 saturated carbocycles. The summed E-state index contributed by atoms with van der Waals surface area (Å²) in [6.45, 7) is 2.85. The van der Waals surface area contributed by atoms with Gasteiger partial charge in [0.05, 0.1) is 10.1 Å². The van der Waals surface area contributed by atoms with Gasteiger partial charge in [-0.3, -0.25) is 0 Å². The molecule has 0 radical (unpaired) electrons. The van der Waals surface area contributed by atoms with Crippen molar-refractivity contribution < 1.29 is 17.5 Å². The first kappa shape index (κ1) is 13.1. The van der Waals surface area contributed by atoms with Crippen LogP contribution in [0.25, 0.3) is 0 Å². The lowest BCUT2D eigenvalue weighted by atomic mass is 10.2. The number of hydrogen-bond donors (Lipinski definition) is 0. The average Bonchev–Trinajstić information content (AvgIpc) is 2.24. The van der Waals surface area contributed by atoms with E-state index in [-0.39, 0.29) is 5.75 Å². The summed E-state index contributed by atoms with van der Waals surface area (Å²) in [6, 6.07) is 4.09. The van der Waals surface area contributed by atoms with Gasteiger partial charge in [-0.1, -0.05) is 6.92 Å². The fourth-order valence-electron chi connectivity index (χ4n) is 1.45. The van der Waals surface area contributed by atoms with Gasteiger partial charge in [0.15, 0.2) is 12.4 Å². The van der Waals surface area contributed by atoms with Gasteiger partial charge >= 0.3 is 0 Å². The second kappa shape index (κ2) is 5.96. The lowest BCUT2D eigenvalue weighted by Gasteiger charge is -2.04. The molecule has 5 heteroatoms. The number of nitrogens with zero attached hydrogens (tertiary/aromatic N) is 1. The Hall–Kier alpha value is -0.940. The van der Waals surface area contributed by atoms with E-state index in [1.165, 1.54) is 5.56 Å². The summed E-state index contributed by atoms with van der Waals surface area (Å²) in [4.78, 5) is 0. The maximum absolute atomic E-state index is 10.4. The van der Waals surface area contributed by atoms with E-state index in [1.54, 1.807) is 0 Å². The van der Waals surface area contributed by atoms with E-state index >= 15 is 0 Å². The minimum absolute atomic E-state index is 0.263. The summed E-state index contributed by atoms with van der Waals surface area (Å²) in [6.07, 6.45) is 6.09. The maximum Gasteiger partial charge on any atom is 0.169 e. The van der Waals surface area contributed by atoms with Gasteiger partial charge in [-0.2, -0.15) is 0 Å². The van der Waals surface area contributed by atoms with Gasteiger partial charge in [0, 0.05) is 24.3 Å². The molecule has 0 aliphatic rings. The molecule has 0 bridgehead atoms. The van der Waals surface area contributed by atoms with Crippen LogP contribution in [-0.4, -0.2) is 18.7 Å². The monoisotopic (exact) mass is 243 g/mol. The number of unbranched alkanes of at least 4 members (excludes halogenated alkanes) is 1. The summed E-state index contributed by atoms with van der Waals surface area (Å²) in [5, 5.41) is 0. The van der Waals surface area contributed by atoms with Crippen molar-refractivity contribution in [2.24, 2.45) is 0 Å². The highest BCUT2D eigenvalue weighted by Crippen LogP contribution is 1.97. The van der Waals surface area contributed by atoms with Crippen LogP contribution in [0.2, 0.25) is 0 Å². The normalized spacial score (nSPS) is 11.6. The highest BCUT2D eigenvalue weighted by molar-refractivity contribution is 7.85. The zero-order valence-electron chi connectivity index (χ0n) is 9.43. The molecule has 1 aromatic heterocycles. The standard InChI is InChI=1S/C11H17NO3S/c1-2-11-5-8-12(9-6-11)7-3-4-10-16(13,14)15/h5-6,8-9H,2-4,7,10H2,1H3. The molecule has 0 atom stereocenters. The second-order valence-electron chi connectivity index (χ2n) is 3.77. The molecule has 4 nitrogen and oxygen atoms in total. The minimum atomic E-state index is -4.05. The third-order valence-electron chi connectivity index (χ3n) is 2.43. The quantitative estimate of drug-likeness (QED) is 0.423. The van der Waals surface area contributed by atoms with Gasteiger partial charge < -0.3 is 4.55 Å². The van der Waals surface area contributed by atoms with Crippen LogP contribution in [0.5, 0.6) is 0 Å². The lowest BCUT2D eigenvalue weighted by molar-refractivity contribution is -0.697. The van der Waals surface area contributed by atoms with Crippen molar-refractivity contribution in [3.63, 3.8) is 0 Å². The zero-order valence-corrected chi connectivity index (χ0v) is 10.2. The van der Waals surface area contributed by atoms with E-state index in [0.29, 0.717) is 12.8 Å². The van der Waals surface area contributed by atoms with Crippen molar-refractivity contribution >= 4 is 10.1 Å². The highest BCUT2D eigenvalue weighted by atomic mass is 32.2. The van der Waals surface area contributed by atoms with Crippen LogP contribution in [-0.2, 0) is 23.1 Å². The third-order valence-corrected chi connectivity index (χ3v) is 3.22. The van der Waals surface area contributed by atoms with E-state index in [9.17, 15) is 13.0 Å². The average molecular weight is 243 g/mol. The lowest BCUT2D eigenvalue weighted by Crippen LogP contribution is -2.32. The van der Waals surface area contributed by atoms with Crippen molar-refractivity contribution in [3.8, 4) is 0 Å². The van der Waals surface area contributed by atoms with Crippen LogP contribution in [0, 0.1) is 0 Å².